The van der Waals surface area contributed by atoms with E-state index in [0.717, 1.165) is 27.9 Å². The normalized spacial score (nSPS) is 10.5. The summed E-state index contributed by atoms with van der Waals surface area (Å²) < 4.78 is 0. The monoisotopic (exact) mass is 396 g/mol. The number of nitrogens with one attached hydrogen (secondary N) is 3. The van der Waals surface area contributed by atoms with E-state index in [1.54, 1.807) is 11.9 Å². The van der Waals surface area contributed by atoms with Crippen molar-refractivity contribution >= 4 is 23.5 Å². The summed E-state index contributed by atoms with van der Waals surface area (Å²) in [5.74, 6) is -0.697. The fourth-order valence-corrected chi connectivity index (χ4v) is 3.09. The van der Waals surface area contributed by atoms with Gasteiger partial charge in [0.25, 0.3) is 0 Å². The van der Waals surface area contributed by atoms with E-state index in [1.807, 2.05) is 63.2 Å². The van der Waals surface area contributed by atoms with Crippen molar-refractivity contribution in [3.8, 4) is 0 Å². The first-order chi connectivity index (χ1) is 13.7. The van der Waals surface area contributed by atoms with Crippen LogP contribution >= 0.6 is 0 Å². The zero-order chi connectivity index (χ0) is 21.4. The summed E-state index contributed by atoms with van der Waals surface area (Å²) in [5, 5.41) is 7.79. The highest BCUT2D eigenvalue weighted by Crippen LogP contribution is 2.21. The van der Waals surface area contributed by atoms with Crippen LogP contribution in [0, 0.1) is 20.8 Å². The van der Waals surface area contributed by atoms with E-state index >= 15 is 0 Å². The third-order valence-corrected chi connectivity index (χ3v) is 4.32. The third kappa shape index (κ3) is 7.38. The van der Waals surface area contributed by atoms with Gasteiger partial charge in [-0.1, -0.05) is 48.0 Å². The Morgan fingerprint density at radius 2 is 1.48 bits per heavy atom. The molecule has 0 aliphatic rings. The number of benzene rings is 2. The van der Waals surface area contributed by atoms with Crippen LogP contribution in [0.15, 0.2) is 42.5 Å². The Bertz CT molecular complexity index is 858. The molecule has 2 aromatic rings. The van der Waals surface area contributed by atoms with Gasteiger partial charge in [-0.05, 0) is 44.5 Å². The maximum Gasteiger partial charge on any atom is 0.321 e. The van der Waals surface area contributed by atoms with Crippen LogP contribution in [-0.4, -0.2) is 42.9 Å². The van der Waals surface area contributed by atoms with E-state index in [9.17, 15) is 14.4 Å². The van der Waals surface area contributed by atoms with Crippen LogP contribution in [0.2, 0.25) is 0 Å². The van der Waals surface area contributed by atoms with Crippen molar-refractivity contribution in [2.24, 2.45) is 0 Å². The molecule has 4 amide bonds. The van der Waals surface area contributed by atoms with Gasteiger partial charge in [0.15, 0.2) is 0 Å². The van der Waals surface area contributed by atoms with Gasteiger partial charge in [-0.2, -0.15) is 0 Å². The van der Waals surface area contributed by atoms with Gasteiger partial charge >= 0.3 is 6.03 Å². The van der Waals surface area contributed by atoms with E-state index in [0.29, 0.717) is 6.54 Å². The van der Waals surface area contributed by atoms with Gasteiger partial charge in [0.05, 0.1) is 13.1 Å². The quantitative estimate of drug-likeness (QED) is 0.671. The molecule has 0 saturated heterocycles. The molecule has 0 unspecified atom stereocenters. The van der Waals surface area contributed by atoms with Gasteiger partial charge in [0, 0.05) is 12.2 Å². The molecular formula is C22H28N4O3. The number of urea groups is 1. The van der Waals surface area contributed by atoms with Crippen molar-refractivity contribution < 1.29 is 14.4 Å². The molecule has 2 aromatic carbocycles. The number of likely N-dealkylation sites (N-methyl/N-ethyl adjacent to an activating group) is 1. The number of nitrogens with zero attached hydrogens (tertiary/aromatic N) is 1. The summed E-state index contributed by atoms with van der Waals surface area (Å²) in [5.41, 5.74) is 4.85. The lowest BCUT2D eigenvalue weighted by Gasteiger charge is -2.17. The molecule has 154 valence electrons. The fourth-order valence-electron chi connectivity index (χ4n) is 3.09. The standard InChI is InChI=1S/C22H28N4O3/c1-15-10-16(2)21(17(3)11-15)24-19(27)13-26(4)14-20(28)25-22(29)23-12-18-8-6-5-7-9-18/h5-11H,12-14H2,1-4H3,(H,24,27)(H2,23,25,28,29). The number of rotatable bonds is 7. The Morgan fingerprint density at radius 1 is 0.897 bits per heavy atom. The average molecular weight is 396 g/mol. The lowest BCUT2D eigenvalue weighted by molar-refractivity contribution is -0.122. The van der Waals surface area contributed by atoms with Gasteiger partial charge in [0.2, 0.25) is 11.8 Å². The zero-order valence-corrected chi connectivity index (χ0v) is 17.3. The molecule has 0 aliphatic heterocycles. The van der Waals surface area contributed by atoms with Crippen LogP contribution in [0.3, 0.4) is 0 Å². The van der Waals surface area contributed by atoms with Gasteiger partial charge in [-0.15, -0.1) is 0 Å². The second-order valence-electron chi connectivity index (χ2n) is 7.21. The zero-order valence-electron chi connectivity index (χ0n) is 17.3. The number of hydrogen-bond donors (Lipinski definition) is 3. The molecule has 0 aromatic heterocycles. The maximum absolute atomic E-state index is 12.3. The molecule has 3 N–H and O–H groups in total. The topological polar surface area (TPSA) is 90.5 Å². The summed E-state index contributed by atoms with van der Waals surface area (Å²) in [6, 6.07) is 12.8. The van der Waals surface area contributed by atoms with Crippen LogP contribution in [0.25, 0.3) is 0 Å². The molecule has 0 bridgehead atoms. The van der Waals surface area contributed by atoms with E-state index in [1.165, 1.54) is 0 Å². The SMILES string of the molecule is Cc1cc(C)c(NC(=O)CN(C)CC(=O)NC(=O)NCc2ccccc2)c(C)c1. The Kier molecular flexibility index (Phi) is 7.91. The summed E-state index contributed by atoms with van der Waals surface area (Å²) in [6.07, 6.45) is 0. The Balaban J connectivity index is 1.76. The predicted octanol–water partition coefficient (Wildman–Crippen LogP) is 2.51. The largest absolute Gasteiger partial charge is 0.334 e. The first-order valence-electron chi connectivity index (χ1n) is 9.42. The molecule has 29 heavy (non-hydrogen) atoms. The van der Waals surface area contributed by atoms with Crippen molar-refractivity contribution in [2.45, 2.75) is 27.3 Å². The Hall–Kier alpha value is -3.19. The predicted molar refractivity (Wildman–Crippen MR) is 114 cm³/mol. The Morgan fingerprint density at radius 3 is 2.10 bits per heavy atom. The highest BCUT2D eigenvalue weighted by atomic mass is 16.2. The Labute approximate surface area is 171 Å². The van der Waals surface area contributed by atoms with E-state index in [-0.39, 0.29) is 19.0 Å². The minimum Gasteiger partial charge on any atom is -0.334 e. The second kappa shape index (κ2) is 10.4. The summed E-state index contributed by atoms with van der Waals surface area (Å²) in [6.45, 7) is 6.19. The first kappa shape index (κ1) is 22.1. The smallest absolute Gasteiger partial charge is 0.321 e. The molecule has 0 fully saturated rings. The first-order valence-corrected chi connectivity index (χ1v) is 9.42. The summed E-state index contributed by atoms with van der Waals surface area (Å²) in [7, 11) is 1.65. The van der Waals surface area contributed by atoms with Crippen molar-refractivity contribution in [2.75, 3.05) is 25.5 Å². The van der Waals surface area contributed by atoms with Gasteiger partial charge in [-0.25, -0.2) is 4.79 Å². The maximum atomic E-state index is 12.3. The fraction of sp³-hybridized carbons (Fsp3) is 0.318. The number of carbonyl (C=O) groups is 3. The molecule has 7 heteroatoms. The lowest BCUT2D eigenvalue weighted by Crippen LogP contribution is -2.44. The molecule has 2 rings (SSSR count). The third-order valence-electron chi connectivity index (χ3n) is 4.32. The minimum absolute atomic E-state index is 0.0335. The van der Waals surface area contributed by atoms with Crippen LogP contribution in [0.1, 0.15) is 22.3 Å². The molecule has 0 spiro atoms. The number of carbonyl (C=O) groups excluding carboxylic acids is 3. The van der Waals surface area contributed by atoms with Gasteiger partial charge in [-0.3, -0.25) is 19.8 Å². The van der Waals surface area contributed by atoms with Crippen LogP contribution in [-0.2, 0) is 16.1 Å². The minimum atomic E-state index is -0.567. The molecule has 0 radical (unpaired) electrons. The summed E-state index contributed by atoms with van der Waals surface area (Å²) >= 11 is 0. The highest BCUT2D eigenvalue weighted by Gasteiger charge is 2.14. The number of amides is 4. The van der Waals surface area contributed by atoms with Crippen molar-refractivity contribution in [3.05, 3.63) is 64.7 Å². The summed E-state index contributed by atoms with van der Waals surface area (Å²) in [4.78, 5) is 37.7. The van der Waals surface area contributed by atoms with E-state index < -0.39 is 11.9 Å². The number of imide groups is 1. The average Bonchev–Trinajstić information content (AvgIpc) is 2.63. The van der Waals surface area contributed by atoms with Crippen LogP contribution in [0.4, 0.5) is 10.5 Å². The number of hydrogen-bond acceptors (Lipinski definition) is 4. The molecule has 0 aliphatic carbocycles. The van der Waals surface area contributed by atoms with E-state index in [4.69, 9.17) is 0 Å². The van der Waals surface area contributed by atoms with Crippen molar-refractivity contribution in [1.82, 2.24) is 15.5 Å². The van der Waals surface area contributed by atoms with Gasteiger partial charge < -0.3 is 10.6 Å². The lowest BCUT2D eigenvalue weighted by atomic mass is 10.1. The second-order valence-corrected chi connectivity index (χ2v) is 7.21. The van der Waals surface area contributed by atoms with Crippen molar-refractivity contribution in [3.63, 3.8) is 0 Å². The molecule has 0 saturated carbocycles. The van der Waals surface area contributed by atoms with Gasteiger partial charge in [0.1, 0.15) is 0 Å². The van der Waals surface area contributed by atoms with E-state index in [2.05, 4.69) is 16.0 Å². The van der Waals surface area contributed by atoms with Crippen LogP contribution in [0.5, 0.6) is 0 Å². The number of anilines is 1. The molecule has 0 atom stereocenters. The molecular weight excluding hydrogens is 368 g/mol. The van der Waals surface area contributed by atoms with Crippen LogP contribution < -0.4 is 16.0 Å². The number of aryl methyl sites for hydroxylation is 3. The molecule has 0 heterocycles. The molecule has 7 nitrogen and oxygen atoms in total. The van der Waals surface area contributed by atoms with Crippen molar-refractivity contribution in [1.29, 1.82) is 0 Å². The highest BCUT2D eigenvalue weighted by molar-refractivity contribution is 5.96.